The molecule has 0 atom stereocenters. The summed E-state index contributed by atoms with van der Waals surface area (Å²) in [7, 11) is 1.69. The van der Waals surface area contributed by atoms with Gasteiger partial charge >= 0.3 is 0 Å². The van der Waals surface area contributed by atoms with E-state index in [0.29, 0.717) is 13.2 Å². The molecule has 0 heterocycles. The number of anilines is 1. The summed E-state index contributed by atoms with van der Waals surface area (Å²) in [6.45, 7) is 4.15. The van der Waals surface area contributed by atoms with Crippen LogP contribution in [0.4, 0.5) is 5.69 Å². The first kappa shape index (κ1) is 10.9. The van der Waals surface area contributed by atoms with E-state index in [1.54, 1.807) is 7.11 Å². The van der Waals surface area contributed by atoms with Crippen LogP contribution in [0.1, 0.15) is 6.92 Å². The highest BCUT2D eigenvalue weighted by molar-refractivity contribution is 5.56. The largest absolute Gasteiger partial charge is 0.492 e. The summed E-state index contributed by atoms with van der Waals surface area (Å²) in [5.74, 6) is 0.895. The number of nitrogens with one attached hydrogen (secondary N) is 1. The van der Waals surface area contributed by atoms with Gasteiger partial charge in [0.15, 0.2) is 0 Å². The molecule has 0 aromatic heterocycles. The molecule has 0 saturated heterocycles. The van der Waals surface area contributed by atoms with Gasteiger partial charge in [-0.15, -0.1) is 0 Å². The van der Waals surface area contributed by atoms with Crippen molar-refractivity contribution in [2.24, 2.45) is 0 Å². The molecule has 0 amide bonds. The number of methoxy groups -OCH3 is 1. The average Bonchev–Trinajstić information content (AvgIpc) is 2.21. The SMILES string of the molecule is CCOc1ccccc1NCCOC. The molecule has 0 aliphatic heterocycles. The second kappa shape index (κ2) is 6.27. The Balaban J connectivity index is 2.55. The molecule has 1 aromatic rings. The van der Waals surface area contributed by atoms with Crippen molar-refractivity contribution in [2.45, 2.75) is 6.92 Å². The van der Waals surface area contributed by atoms with Gasteiger partial charge in [0.25, 0.3) is 0 Å². The third-order valence-corrected chi connectivity index (χ3v) is 1.81. The highest BCUT2D eigenvalue weighted by atomic mass is 16.5. The van der Waals surface area contributed by atoms with Gasteiger partial charge < -0.3 is 14.8 Å². The molecule has 0 unspecified atom stereocenters. The van der Waals surface area contributed by atoms with E-state index in [4.69, 9.17) is 9.47 Å². The summed E-state index contributed by atoms with van der Waals surface area (Å²) >= 11 is 0. The van der Waals surface area contributed by atoms with Gasteiger partial charge in [0.05, 0.1) is 18.9 Å². The van der Waals surface area contributed by atoms with Crippen LogP contribution in [0.5, 0.6) is 5.75 Å². The number of ether oxygens (including phenoxy) is 2. The number of benzene rings is 1. The van der Waals surface area contributed by atoms with Gasteiger partial charge in [-0.1, -0.05) is 12.1 Å². The molecular weight excluding hydrogens is 178 g/mol. The van der Waals surface area contributed by atoms with Crippen molar-refractivity contribution in [3.8, 4) is 5.75 Å². The van der Waals surface area contributed by atoms with Crippen LogP contribution >= 0.6 is 0 Å². The third-order valence-electron chi connectivity index (χ3n) is 1.81. The normalized spacial score (nSPS) is 9.86. The lowest BCUT2D eigenvalue weighted by molar-refractivity contribution is 0.210. The lowest BCUT2D eigenvalue weighted by Gasteiger charge is -2.11. The molecule has 0 bridgehead atoms. The van der Waals surface area contributed by atoms with E-state index in [0.717, 1.165) is 18.0 Å². The van der Waals surface area contributed by atoms with Crippen molar-refractivity contribution >= 4 is 5.69 Å². The number of rotatable bonds is 6. The van der Waals surface area contributed by atoms with Gasteiger partial charge in [-0.25, -0.2) is 0 Å². The molecule has 0 saturated carbocycles. The van der Waals surface area contributed by atoms with Crippen LogP contribution in [0.2, 0.25) is 0 Å². The molecule has 78 valence electrons. The summed E-state index contributed by atoms with van der Waals surface area (Å²) in [6, 6.07) is 7.91. The Kier molecular flexibility index (Phi) is 4.86. The molecule has 3 nitrogen and oxygen atoms in total. The van der Waals surface area contributed by atoms with Gasteiger partial charge in [0, 0.05) is 13.7 Å². The first-order valence-corrected chi connectivity index (χ1v) is 4.83. The number of hydrogen-bond donors (Lipinski definition) is 1. The predicted octanol–water partition coefficient (Wildman–Crippen LogP) is 2.14. The monoisotopic (exact) mass is 195 g/mol. The maximum Gasteiger partial charge on any atom is 0.142 e. The van der Waals surface area contributed by atoms with Crippen LogP contribution in [0, 0.1) is 0 Å². The maximum atomic E-state index is 5.46. The number of hydrogen-bond acceptors (Lipinski definition) is 3. The fourth-order valence-corrected chi connectivity index (χ4v) is 1.18. The van der Waals surface area contributed by atoms with Crippen LogP contribution in [-0.2, 0) is 4.74 Å². The van der Waals surface area contributed by atoms with E-state index in [2.05, 4.69) is 5.32 Å². The van der Waals surface area contributed by atoms with Crippen molar-refractivity contribution in [1.82, 2.24) is 0 Å². The highest BCUT2D eigenvalue weighted by Crippen LogP contribution is 2.23. The maximum absolute atomic E-state index is 5.46. The molecule has 0 aliphatic rings. The van der Waals surface area contributed by atoms with E-state index >= 15 is 0 Å². The van der Waals surface area contributed by atoms with Gasteiger partial charge in [0.1, 0.15) is 5.75 Å². The van der Waals surface area contributed by atoms with Gasteiger partial charge in [0.2, 0.25) is 0 Å². The standard InChI is InChI=1S/C11H17NO2/c1-3-14-11-7-5-4-6-10(11)12-8-9-13-2/h4-7,12H,3,8-9H2,1-2H3. The minimum Gasteiger partial charge on any atom is -0.492 e. The molecule has 1 N–H and O–H groups in total. The Morgan fingerprint density at radius 1 is 1.29 bits per heavy atom. The van der Waals surface area contributed by atoms with Crippen LogP contribution < -0.4 is 10.1 Å². The third kappa shape index (κ3) is 3.26. The van der Waals surface area contributed by atoms with E-state index < -0.39 is 0 Å². The molecule has 0 fully saturated rings. The molecule has 14 heavy (non-hydrogen) atoms. The topological polar surface area (TPSA) is 30.5 Å². The smallest absolute Gasteiger partial charge is 0.142 e. The van der Waals surface area contributed by atoms with Gasteiger partial charge in [-0.3, -0.25) is 0 Å². The molecule has 1 rings (SSSR count). The van der Waals surface area contributed by atoms with Gasteiger partial charge in [-0.05, 0) is 19.1 Å². The van der Waals surface area contributed by atoms with Crippen LogP contribution in [0.15, 0.2) is 24.3 Å². The first-order chi connectivity index (χ1) is 6.88. The Morgan fingerprint density at radius 3 is 2.79 bits per heavy atom. The lowest BCUT2D eigenvalue weighted by Crippen LogP contribution is -2.08. The van der Waals surface area contributed by atoms with Gasteiger partial charge in [-0.2, -0.15) is 0 Å². The van der Waals surface area contributed by atoms with Crippen LogP contribution in [0.3, 0.4) is 0 Å². The van der Waals surface area contributed by atoms with Crippen molar-refractivity contribution in [2.75, 3.05) is 32.2 Å². The van der Waals surface area contributed by atoms with Crippen molar-refractivity contribution in [3.05, 3.63) is 24.3 Å². The van der Waals surface area contributed by atoms with E-state index in [1.165, 1.54) is 0 Å². The minimum atomic E-state index is 0.684. The van der Waals surface area contributed by atoms with Crippen molar-refractivity contribution in [1.29, 1.82) is 0 Å². The molecule has 1 aromatic carbocycles. The van der Waals surface area contributed by atoms with Crippen LogP contribution in [0.25, 0.3) is 0 Å². The van der Waals surface area contributed by atoms with Crippen molar-refractivity contribution in [3.63, 3.8) is 0 Å². The number of para-hydroxylation sites is 2. The molecule has 0 spiro atoms. The zero-order valence-corrected chi connectivity index (χ0v) is 8.75. The Bertz CT molecular complexity index is 263. The Hall–Kier alpha value is -1.22. The van der Waals surface area contributed by atoms with E-state index in [9.17, 15) is 0 Å². The fourth-order valence-electron chi connectivity index (χ4n) is 1.18. The highest BCUT2D eigenvalue weighted by Gasteiger charge is 1.99. The zero-order chi connectivity index (χ0) is 10.2. The molecule has 0 aliphatic carbocycles. The fraction of sp³-hybridized carbons (Fsp3) is 0.455. The summed E-state index contributed by atoms with van der Waals surface area (Å²) in [5.41, 5.74) is 1.02. The summed E-state index contributed by atoms with van der Waals surface area (Å²) in [5, 5.41) is 3.25. The first-order valence-electron chi connectivity index (χ1n) is 4.83. The second-order valence-electron chi connectivity index (χ2n) is 2.85. The molecule has 3 heteroatoms. The molecule has 0 radical (unpaired) electrons. The van der Waals surface area contributed by atoms with Crippen LogP contribution in [-0.4, -0.2) is 26.9 Å². The summed E-state index contributed by atoms with van der Waals surface area (Å²) < 4.78 is 10.4. The predicted molar refractivity (Wildman–Crippen MR) is 58.0 cm³/mol. The summed E-state index contributed by atoms with van der Waals surface area (Å²) in [6.07, 6.45) is 0. The quantitative estimate of drug-likeness (QED) is 0.705. The summed E-state index contributed by atoms with van der Waals surface area (Å²) in [4.78, 5) is 0. The zero-order valence-electron chi connectivity index (χ0n) is 8.75. The Labute approximate surface area is 85.0 Å². The lowest BCUT2D eigenvalue weighted by atomic mass is 10.3. The second-order valence-corrected chi connectivity index (χ2v) is 2.85. The van der Waals surface area contributed by atoms with Crippen molar-refractivity contribution < 1.29 is 9.47 Å². The average molecular weight is 195 g/mol. The van der Waals surface area contributed by atoms with E-state index in [1.807, 2.05) is 31.2 Å². The Morgan fingerprint density at radius 2 is 2.07 bits per heavy atom. The molecular formula is C11H17NO2. The minimum absolute atomic E-state index is 0.684. The van der Waals surface area contributed by atoms with E-state index in [-0.39, 0.29) is 0 Å².